The van der Waals surface area contributed by atoms with Gasteiger partial charge in [0.05, 0.1) is 4.90 Å². The van der Waals surface area contributed by atoms with Gasteiger partial charge in [0, 0.05) is 22.6 Å². The van der Waals surface area contributed by atoms with E-state index in [-0.39, 0.29) is 16.8 Å². The predicted molar refractivity (Wildman–Crippen MR) is 83.6 cm³/mol. The molecule has 0 saturated carbocycles. The van der Waals surface area contributed by atoms with E-state index >= 15 is 0 Å². The van der Waals surface area contributed by atoms with Crippen LogP contribution in [0.15, 0.2) is 21.5 Å². The molecule has 1 amide bonds. The molecule has 1 heterocycles. The highest BCUT2D eigenvalue weighted by molar-refractivity contribution is 9.10. The Morgan fingerprint density at radius 2 is 2.19 bits per heavy atom. The van der Waals surface area contributed by atoms with Crippen LogP contribution in [0.3, 0.4) is 0 Å². The van der Waals surface area contributed by atoms with Gasteiger partial charge in [-0.1, -0.05) is 15.9 Å². The number of benzene rings is 1. The molecule has 1 aliphatic heterocycles. The second-order valence-electron chi connectivity index (χ2n) is 5.14. The smallest absolute Gasteiger partial charge is 0.251 e. The number of carbonyl (C=O) groups excluding carboxylic acids is 1. The van der Waals surface area contributed by atoms with Gasteiger partial charge >= 0.3 is 0 Å². The number of piperidine rings is 1. The topological polar surface area (TPSA) is 101 Å². The van der Waals surface area contributed by atoms with Crippen LogP contribution in [0.5, 0.6) is 0 Å². The van der Waals surface area contributed by atoms with Crippen molar-refractivity contribution in [1.29, 1.82) is 0 Å². The predicted octanol–water partition coefficient (Wildman–Crippen LogP) is 0.887. The fourth-order valence-corrected chi connectivity index (χ4v) is 3.86. The van der Waals surface area contributed by atoms with Crippen molar-refractivity contribution in [3.05, 3.63) is 27.7 Å². The summed E-state index contributed by atoms with van der Waals surface area (Å²) in [6, 6.07) is 3.07. The molecule has 0 bridgehead atoms. The number of halogens is 1. The van der Waals surface area contributed by atoms with Crippen molar-refractivity contribution in [2.75, 3.05) is 13.1 Å². The van der Waals surface area contributed by atoms with Gasteiger partial charge in [-0.3, -0.25) is 4.79 Å². The maximum Gasteiger partial charge on any atom is 0.251 e. The van der Waals surface area contributed by atoms with E-state index in [1.165, 1.54) is 6.07 Å². The van der Waals surface area contributed by atoms with E-state index in [1.807, 2.05) is 0 Å². The van der Waals surface area contributed by atoms with Crippen molar-refractivity contribution in [2.45, 2.75) is 30.7 Å². The van der Waals surface area contributed by atoms with Crippen LogP contribution < -0.4 is 15.8 Å². The Labute approximate surface area is 132 Å². The number of rotatable bonds is 3. The zero-order valence-electron chi connectivity index (χ0n) is 11.6. The lowest BCUT2D eigenvalue weighted by Crippen LogP contribution is -2.45. The number of hydrogen-bond acceptors (Lipinski definition) is 4. The minimum absolute atomic E-state index is 0.0382. The summed E-state index contributed by atoms with van der Waals surface area (Å²) < 4.78 is 23.7. The van der Waals surface area contributed by atoms with Crippen LogP contribution in [-0.4, -0.2) is 33.5 Å². The average molecular weight is 376 g/mol. The summed E-state index contributed by atoms with van der Waals surface area (Å²) in [7, 11) is -3.87. The van der Waals surface area contributed by atoms with E-state index in [0.717, 1.165) is 25.9 Å². The molecule has 1 aliphatic rings. The van der Waals surface area contributed by atoms with Gasteiger partial charge in [-0.05, 0) is 44.0 Å². The van der Waals surface area contributed by atoms with Gasteiger partial charge in [-0.25, -0.2) is 13.6 Å². The molecule has 1 fully saturated rings. The van der Waals surface area contributed by atoms with Crippen LogP contribution in [0.4, 0.5) is 0 Å². The lowest BCUT2D eigenvalue weighted by Gasteiger charge is -2.24. The van der Waals surface area contributed by atoms with Gasteiger partial charge in [0.25, 0.3) is 5.91 Å². The first-order valence-corrected chi connectivity index (χ1v) is 8.97. The molecule has 4 N–H and O–H groups in total. The summed E-state index contributed by atoms with van der Waals surface area (Å²) >= 11 is 3.22. The summed E-state index contributed by atoms with van der Waals surface area (Å²) in [5.41, 5.74) is 0.681. The quantitative estimate of drug-likeness (QED) is 0.729. The molecule has 0 aliphatic carbocycles. The Morgan fingerprint density at radius 1 is 1.48 bits per heavy atom. The molecule has 116 valence electrons. The van der Waals surface area contributed by atoms with Gasteiger partial charge < -0.3 is 10.6 Å². The van der Waals surface area contributed by atoms with Crippen LogP contribution in [0.1, 0.15) is 28.8 Å². The molecule has 0 radical (unpaired) electrons. The highest BCUT2D eigenvalue weighted by Gasteiger charge is 2.22. The molecular weight excluding hydrogens is 358 g/mol. The van der Waals surface area contributed by atoms with E-state index in [4.69, 9.17) is 5.14 Å². The van der Waals surface area contributed by atoms with Crippen molar-refractivity contribution >= 4 is 31.9 Å². The first kappa shape index (κ1) is 16.4. The normalized spacial score (nSPS) is 19.3. The molecule has 1 aromatic carbocycles. The Hall–Kier alpha value is -0.960. The minimum atomic E-state index is -3.87. The zero-order valence-corrected chi connectivity index (χ0v) is 14.1. The maximum absolute atomic E-state index is 12.4. The van der Waals surface area contributed by atoms with E-state index in [9.17, 15) is 13.2 Å². The molecule has 2 rings (SSSR count). The largest absolute Gasteiger partial charge is 0.348 e. The first-order chi connectivity index (χ1) is 9.79. The van der Waals surface area contributed by atoms with Gasteiger partial charge in [0.15, 0.2) is 0 Å². The molecule has 0 aromatic heterocycles. The third kappa shape index (κ3) is 4.03. The molecule has 1 unspecified atom stereocenters. The van der Waals surface area contributed by atoms with E-state index in [0.29, 0.717) is 15.6 Å². The fraction of sp³-hybridized carbons (Fsp3) is 0.462. The number of carbonyl (C=O) groups is 1. The third-order valence-corrected chi connectivity index (χ3v) is 5.00. The first-order valence-electron chi connectivity index (χ1n) is 6.63. The van der Waals surface area contributed by atoms with Crippen molar-refractivity contribution in [3.8, 4) is 0 Å². The van der Waals surface area contributed by atoms with Gasteiger partial charge in [-0.15, -0.1) is 0 Å². The molecular formula is C13H18BrN3O3S. The van der Waals surface area contributed by atoms with Crippen LogP contribution >= 0.6 is 15.9 Å². The van der Waals surface area contributed by atoms with Crippen molar-refractivity contribution in [2.24, 2.45) is 5.14 Å². The number of primary sulfonamides is 1. The maximum atomic E-state index is 12.4. The summed E-state index contributed by atoms with van der Waals surface area (Å²) in [5, 5.41) is 11.3. The Kier molecular flexibility index (Phi) is 5.03. The van der Waals surface area contributed by atoms with Crippen molar-refractivity contribution < 1.29 is 13.2 Å². The molecule has 8 heteroatoms. The van der Waals surface area contributed by atoms with Crippen LogP contribution in [0.2, 0.25) is 0 Å². The Morgan fingerprint density at radius 3 is 2.76 bits per heavy atom. The van der Waals surface area contributed by atoms with Crippen molar-refractivity contribution in [1.82, 2.24) is 10.6 Å². The van der Waals surface area contributed by atoms with Gasteiger partial charge in [-0.2, -0.15) is 0 Å². The standard InChI is InChI=1S/C13H18BrN3O3S/c1-8-11(5-9(14)6-12(8)21(15,19)20)13(18)17-10-3-2-4-16-7-10/h5-6,10,16H,2-4,7H2,1H3,(H,17,18)(H2,15,19,20). The number of nitrogens with one attached hydrogen (secondary N) is 2. The SMILES string of the molecule is Cc1c(C(=O)NC2CCCNC2)cc(Br)cc1S(N)(=O)=O. The fourth-order valence-electron chi connectivity index (χ4n) is 2.42. The number of sulfonamides is 1. The van der Waals surface area contributed by atoms with Crippen LogP contribution in [0, 0.1) is 6.92 Å². The summed E-state index contributed by atoms with van der Waals surface area (Å²) in [6.07, 6.45) is 1.92. The Bertz CT molecular complexity index is 655. The van der Waals surface area contributed by atoms with Gasteiger partial charge in [0.2, 0.25) is 10.0 Å². The number of hydrogen-bond donors (Lipinski definition) is 3. The lowest BCUT2D eigenvalue weighted by atomic mass is 10.0. The highest BCUT2D eigenvalue weighted by atomic mass is 79.9. The third-order valence-electron chi connectivity index (χ3n) is 3.51. The van der Waals surface area contributed by atoms with Crippen LogP contribution in [-0.2, 0) is 10.0 Å². The summed E-state index contributed by atoms with van der Waals surface area (Å²) in [5.74, 6) is -0.285. The van der Waals surface area contributed by atoms with E-state index in [2.05, 4.69) is 26.6 Å². The monoisotopic (exact) mass is 375 g/mol. The summed E-state index contributed by atoms with van der Waals surface area (Å²) in [6.45, 7) is 3.26. The van der Waals surface area contributed by atoms with Crippen molar-refractivity contribution in [3.63, 3.8) is 0 Å². The zero-order chi connectivity index (χ0) is 15.6. The molecule has 6 nitrogen and oxygen atoms in total. The minimum Gasteiger partial charge on any atom is -0.348 e. The molecule has 0 spiro atoms. The average Bonchev–Trinajstić information content (AvgIpc) is 2.40. The highest BCUT2D eigenvalue weighted by Crippen LogP contribution is 2.24. The second kappa shape index (κ2) is 6.43. The molecule has 1 saturated heterocycles. The molecule has 1 aromatic rings. The van der Waals surface area contributed by atoms with E-state index in [1.54, 1.807) is 13.0 Å². The number of amides is 1. The number of nitrogens with two attached hydrogens (primary N) is 1. The lowest BCUT2D eigenvalue weighted by molar-refractivity contribution is 0.0929. The molecule has 1 atom stereocenters. The summed E-state index contributed by atoms with van der Waals surface area (Å²) in [4.78, 5) is 12.3. The van der Waals surface area contributed by atoms with Crippen LogP contribution in [0.25, 0.3) is 0 Å². The van der Waals surface area contributed by atoms with E-state index < -0.39 is 10.0 Å². The second-order valence-corrected chi connectivity index (χ2v) is 7.58. The molecule has 21 heavy (non-hydrogen) atoms. The Balaban J connectivity index is 2.30. The van der Waals surface area contributed by atoms with Gasteiger partial charge in [0.1, 0.15) is 0 Å².